The van der Waals surface area contributed by atoms with E-state index in [-0.39, 0.29) is 0 Å². The first-order valence-electron chi connectivity index (χ1n) is 8.27. The van der Waals surface area contributed by atoms with E-state index in [1.54, 1.807) is 12.4 Å². The standard InChI is InChI=1S/C18H20N6/c1-23-10-8-21-18(23)16-12-19-11-15(22-16)14-5-4-9-24(13-14)17-6-2-3-7-20-17/h2-3,6-8,10-12,14H,4-5,9,13H2,1H3. The smallest absolute Gasteiger partial charge is 0.159 e. The van der Waals surface area contributed by atoms with Crippen molar-refractivity contribution in [2.24, 2.45) is 7.05 Å². The van der Waals surface area contributed by atoms with Crippen molar-refractivity contribution < 1.29 is 0 Å². The molecule has 1 unspecified atom stereocenters. The van der Waals surface area contributed by atoms with Crippen molar-refractivity contribution in [1.29, 1.82) is 0 Å². The van der Waals surface area contributed by atoms with Gasteiger partial charge in [-0.3, -0.25) is 4.98 Å². The van der Waals surface area contributed by atoms with E-state index in [1.165, 1.54) is 0 Å². The lowest BCUT2D eigenvalue weighted by molar-refractivity contribution is 0.497. The molecule has 0 bridgehead atoms. The molecular weight excluding hydrogens is 300 g/mol. The molecule has 3 aromatic rings. The summed E-state index contributed by atoms with van der Waals surface area (Å²) >= 11 is 0. The maximum atomic E-state index is 4.83. The van der Waals surface area contributed by atoms with E-state index in [4.69, 9.17) is 4.98 Å². The van der Waals surface area contributed by atoms with Gasteiger partial charge in [-0.1, -0.05) is 6.07 Å². The Bertz CT molecular complexity index is 813. The molecule has 0 N–H and O–H groups in total. The van der Waals surface area contributed by atoms with Gasteiger partial charge in [0, 0.05) is 50.8 Å². The molecule has 6 heteroatoms. The molecular formula is C18H20N6. The van der Waals surface area contributed by atoms with E-state index in [2.05, 4.69) is 25.9 Å². The van der Waals surface area contributed by atoms with Gasteiger partial charge >= 0.3 is 0 Å². The highest BCUT2D eigenvalue weighted by Crippen LogP contribution is 2.28. The van der Waals surface area contributed by atoms with Crippen LogP contribution in [0.15, 0.2) is 49.2 Å². The van der Waals surface area contributed by atoms with Gasteiger partial charge in [-0.05, 0) is 25.0 Å². The van der Waals surface area contributed by atoms with Crippen LogP contribution in [0.5, 0.6) is 0 Å². The topological polar surface area (TPSA) is 59.7 Å². The first-order valence-corrected chi connectivity index (χ1v) is 8.27. The summed E-state index contributed by atoms with van der Waals surface area (Å²) < 4.78 is 1.97. The molecule has 0 radical (unpaired) electrons. The largest absolute Gasteiger partial charge is 0.356 e. The Morgan fingerprint density at radius 3 is 2.88 bits per heavy atom. The van der Waals surface area contributed by atoms with Crippen molar-refractivity contribution in [3.63, 3.8) is 0 Å². The van der Waals surface area contributed by atoms with Gasteiger partial charge in [-0.25, -0.2) is 15.0 Å². The van der Waals surface area contributed by atoms with Crippen LogP contribution in [0.3, 0.4) is 0 Å². The third kappa shape index (κ3) is 2.87. The summed E-state index contributed by atoms with van der Waals surface area (Å²) in [6.07, 6.45) is 11.5. The molecule has 0 spiro atoms. The van der Waals surface area contributed by atoms with Crippen LogP contribution in [0.1, 0.15) is 24.5 Å². The molecule has 122 valence electrons. The average Bonchev–Trinajstić information content (AvgIpc) is 3.09. The molecule has 1 aliphatic heterocycles. The predicted octanol–water partition coefficient (Wildman–Crippen LogP) is 2.66. The molecule has 1 atom stereocenters. The van der Waals surface area contributed by atoms with Gasteiger partial charge in [0.1, 0.15) is 11.5 Å². The van der Waals surface area contributed by atoms with Crippen LogP contribution in [0.25, 0.3) is 11.5 Å². The van der Waals surface area contributed by atoms with Crippen molar-refractivity contribution in [3.05, 3.63) is 54.9 Å². The molecule has 1 saturated heterocycles. The third-order valence-electron chi connectivity index (χ3n) is 4.52. The zero-order valence-electron chi connectivity index (χ0n) is 13.7. The maximum absolute atomic E-state index is 4.83. The number of pyridine rings is 1. The molecule has 0 aliphatic carbocycles. The van der Waals surface area contributed by atoms with E-state index >= 15 is 0 Å². The fourth-order valence-electron chi connectivity index (χ4n) is 3.27. The van der Waals surface area contributed by atoms with Gasteiger partial charge < -0.3 is 9.47 Å². The molecule has 0 saturated carbocycles. The number of aromatic nitrogens is 5. The van der Waals surface area contributed by atoms with Crippen molar-refractivity contribution in [3.8, 4) is 11.5 Å². The molecule has 4 rings (SSSR count). The Morgan fingerprint density at radius 1 is 1.12 bits per heavy atom. The van der Waals surface area contributed by atoms with Gasteiger partial charge in [0.05, 0.1) is 11.9 Å². The average molecular weight is 320 g/mol. The van der Waals surface area contributed by atoms with Crippen LogP contribution in [0.2, 0.25) is 0 Å². The van der Waals surface area contributed by atoms with Crippen LogP contribution in [0, 0.1) is 0 Å². The molecule has 1 aliphatic rings. The van der Waals surface area contributed by atoms with Crippen molar-refractivity contribution in [2.75, 3.05) is 18.0 Å². The maximum Gasteiger partial charge on any atom is 0.159 e. The highest BCUT2D eigenvalue weighted by Gasteiger charge is 2.24. The quantitative estimate of drug-likeness (QED) is 0.742. The third-order valence-corrected chi connectivity index (χ3v) is 4.52. The summed E-state index contributed by atoms with van der Waals surface area (Å²) in [5.74, 6) is 2.26. The van der Waals surface area contributed by atoms with E-state index in [9.17, 15) is 0 Å². The van der Waals surface area contributed by atoms with Gasteiger partial charge in [-0.2, -0.15) is 0 Å². The van der Waals surface area contributed by atoms with Crippen LogP contribution in [0.4, 0.5) is 5.82 Å². The van der Waals surface area contributed by atoms with E-state index in [0.29, 0.717) is 5.92 Å². The van der Waals surface area contributed by atoms with Gasteiger partial charge in [0.25, 0.3) is 0 Å². The minimum atomic E-state index is 0.369. The number of hydrogen-bond acceptors (Lipinski definition) is 5. The van der Waals surface area contributed by atoms with Crippen LogP contribution in [-0.4, -0.2) is 37.6 Å². The lowest BCUT2D eigenvalue weighted by atomic mass is 9.95. The molecule has 3 aromatic heterocycles. The summed E-state index contributed by atoms with van der Waals surface area (Å²) in [7, 11) is 1.97. The Labute approximate surface area is 141 Å². The first kappa shape index (κ1) is 14.8. The number of anilines is 1. The SMILES string of the molecule is Cn1ccnc1-c1cncc(C2CCCN(c3ccccn3)C2)n1. The Kier molecular flexibility index (Phi) is 3.94. The highest BCUT2D eigenvalue weighted by atomic mass is 15.2. The number of hydrogen-bond donors (Lipinski definition) is 0. The van der Waals surface area contributed by atoms with Gasteiger partial charge in [0.2, 0.25) is 0 Å². The number of piperidine rings is 1. The van der Waals surface area contributed by atoms with E-state index < -0.39 is 0 Å². The summed E-state index contributed by atoms with van der Waals surface area (Å²) in [4.78, 5) is 20.4. The fraction of sp³-hybridized carbons (Fsp3) is 0.333. The second-order valence-corrected chi connectivity index (χ2v) is 6.16. The normalized spacial score (nSPS) is 17.9. The second kappa shape index (κ2) is 6.39. The zero-order valence-corrected chi connectivity index (χ0v) is 13.7. The fourth-order valence-corrected chi connectivity index (χ4v) is 3.27. The van der Waals surface area contributed by atoms with Crippen molar-refractivity contribution in [1.82, 2.24) is 24.5 Å². The summed E-state index contributed by atoms with van der Waals surface area (Å²) in [6.45, 7) is 1.97. The Balaban J connectivity index is 1.58. The Morgan fingerprint density at radius 2 is 2.08 bits per heavy atom. The number of aryl methyl sites for hydroxylation is 1. The molecule has 24 heavy (non-hydrogen) atoms. The number of imidazole rings is 1. The number of nitrogens with zero attached hydrogens (tertiary/aromatic N) is 6. The summed E-state index contributed by atoms with van der Waals surface area (Å²) in [5, 5.41) is 0. The van der Waals surface area contributed by atoms with Crippen molar-refractivity contribution >= 4 is 5.82 Å². The first-order chi connectivity index (χ1) is 11.8. The molecule has 0 amide bonds. The zero-order chi connectivity index (χ0) is 16.4. The van der Waals surface area contributed by atoms with Crippen LogP contribution >= 0.6 is 0 Å². The van der Waals surface area contributed by atoms with E-state index in [1.807, 2.05) is 42.3 Å². The predicted molar refractivity (Wildman–Crippen MR) is 92.7 cm³/mol. The minimum Gasteiger partial charge on any atom is -0.356 e. The Hall–Kier alpha value is -2.76. The monoisotopic (exact) mass is 320 g/mol. The van der Waals surface area contributed by atoms with Crippen molar-refractivity contribution in [2.45, 2.75) is 18.8 Å². The van der Waals surface area contributed by atoms with Crippen LogP contribution < -0.4 is 4.90 Å². The molecule has 0 aromatic carbocycles. The number of rotatable bonds is 3. The van der Waals surface area contributed by atoms with Crippen LogP contribution in [-0.2, 0) is 7.05 Å². The highest BCUT2D eigenvalue weighted by molar-refractivity contribution is 5.48. The molecule has 4 heterocycles. The molecule has 1 fully saturated rings. The van der Waals surface area contributed by atoms with E-state index in [0.717, 1.165) is 49.0 Å². The lowest BCUT2D eigenvalue weighted by Crippen LogP contribution is -2.35. The lowest BCUT2D eigenvalue weighted by Gasteiger charge is -2.33. The molecule has 6 nitrogen and oxygen atoms in total. The van der Waals surface area contributed by atoms with Gasteiger partial charge in [0.15, 0.2) is 5.82 Å². The summed E-state index contributed by atoms with van der Waals surface area (Å²) in [5.41, 5.74) is 1.87. The minimum absolute atomic E-state index is 0.369. The summed E-state index contributed by atoms with van der Waals surface area (Å²) in [6, 6.07) is 6.05. The van der Waals surface area contributed by atoms with Gasteiger partial charge in [-0.15, -0.1) is 0 Å². The second-order valence-electron chi connectivity index (χ2n) is 6.16.